The summed E-state index contributed by atoms with van der Waals surface area (Å²) in [5.41, 5.74) is 2.49. The lowest BCUT2D eigenvalue weighted by Gasteiger charge is -2.36. The number of nitrogens with zero attached hydrogens (tertiary/aromatic N) is 2. The molecule has 30 heavy (non-hydrogen) atoms. The molecule has 1 N–H and O–H groups in total. The van der Waals surface area contributed by atoms with Gasteiger partial charge < -0.3 is 4.90 Å². The number of hydrogen-bond donors (Lipinski definition) is 1. The molecule has 2 aromatic carbocycles. The first kappa shape index (κ1) is 22.7. The zero-order valence-corrected chi connectivity index (χ0v) is 19.0. The van der Waals surface area contributed by atoms with Crippen LogP contribution in [0.2, 0.25) is 0 Å². The molecule has 1 aliphatic heterocycles. The van der Waals surface area contributed by atoms with Gasteiger partial charge in [-0.3, -0.25) is 4.90 Å². The third-order valence-electron chi connectivity index (χ3n) is 5.22. The van der Waals surface area contributed by atoms with E-state index in [0.29, 0.717) is 6.42 Å². The smallest absolute Gasteiger partial charge is 0.241 e. The SMILES string of the molecule is Cc1cccc(N2CCN(CCCNS(=O)(=O)c3ccccc3S(C)(=O)=O)CC2)c1. The van der Waals surface area contributed by atoms with Crippen molar-refractivity contribution in [3.8, 4) is 0 Å². The molecule has 0 bridgehead atoms. The fraction of sp³-hybridized carbons (Fsp3) is 0.429. The average Bonchev–Trinajstić information content (AvgIpc) is 2.71. The first-order chi connectivity index (χ1) is 14.2. The molecule has 3 rings (SSSR count). The summed E-state index contributed by atoms with van der Waals surface area (Å²) in [6.07, 6.45) is 1.67. The number of piperazine rings is 1. The van der Waals surface area contributed by atoms with E-state index < -0.39 is 19.9 Å². The van der Waals surface area contributed by atoms with Crippen LogP contribution in [0.1, 0.15) is 12.0 Å². The lowest BCUT2D eigenvalue weighted by molar-refractivity contribution is 0.255. The molecule has 0 aliphatic carbocycles. The summed E-state index contributed by atoms with van der Waals surface area (Å²) in [4.78, 5) is 4.32. The summed E-state index contributed by atoms with van der Waals surface area (Å²) in [7, 11) is -7.51. The first-order valence-electron chi connectivity index (χ1n) is 9.99. The van der Waals surface area contributed by atoms with Crippen LogP contribution < -0.4 is 9.62 Å². The molecule has 0 radical (unpaired) electrons. The molecule has 0 aromatic heterocycles. The van der Waals surface area contributed by atoms with Crippen molar-refractivity contribution in [3.05, 3.63) is 54.1 Å². The molecule has 0 spiro atoms. The maximum absolute atomic E-state index is 12.6. The molecule has 1 aliphatic rings. The van der Waals surface area contributed by atoms with Crippen LogP contribution in [0.4, 0.5) is 5.69 Å². The molecule has 0 saturated carbocycles. The van der Waals surface area contributed by atoms with E-state index in [9.17, 15) is 16.8 Å². The quantitative estimate of drug-likeness (QED) is 0.617. The van der Waals surface area contributed by atoms with Crippen molar-refractivity contribution in [3.63, 3.8) is 0 Å². The highest BCUT2D eigenvalue weighted by Gasteiger charge is 2.23. The number of anilines is 1. The molecule has 0 atom stereocenters. The molecule has 2 aromatic rings. The van der Waals surface area contributed by atoms with Crippen LogP contribution >= 0.6 is 0 Å². The topological polar surface area (TPSA) is 86.8 Å². The minimum atomic E-state index is -3.88. The van der Waals surface area contributed by atoms with Gasteiger partial charge in [-0.15, -0.1) is 0 Å². The van der Waals surface area contributed by atoms with Crippen molar-refractivity contribution in [2.24, 2.45) is 0 Å². The summed E-state index contributed by atoms with van der Waals surface area (Å²) < 4.78 is 51.5. The van der Waals surface area contributed by atoms with Gasteiger partial charge in [-0.1, -0.05) is 24.3 Å². The second-order valence-electron chi connectivity index (χ2n) is 7.64. The Labute approximate surface area is 179 Å². The standard InChI is InChI=1S/C21H29N3O4S2/c1-18-7-5-8-19(17-18)24-15-13-23(14-16-24)12-6-11-22-30(27,28)21-10-4-3-9-20(21)29(2,25)26/h3-5,7-10,17,22H,6,11-16H2,1-2H3. The maximum atomic E-state index is 12.6. The number of benzene rings is 2. The molecule has 7 nitrogen and oxygen atoms in total. The van der Waals surface area contributed by atoms with E-state index in [4.69, 9.17) is 0 Å². The van der Waals surface area contributed by atoms with Crippen LogP contribution in [0, 0.1) is 6.92 Å². The van der Waals surface area contributed by atoms with Gasteiger partial charge in [0.1, 0.15) is 4.90 Å². The van der Waals surface area contributed by atoms with Crippen molar-refractivity contribution >= 4 is 25.5 Å². The summed E-state index contributed by atoms with van der Waals surface area (Å²) in [5.74, 6) is 0. The number of sulfone groups is 1. The van der Waals surface area contributed by atoms with Crippen molar-refractivity contribution in [2.45, 2.75) is 23.1 Å². The largest absolute Gasteiger partial charge is 0.369 e. The minimum Gasteiger partial charge on any atom is -0.369 e. The van der Waals surface area contributed by atoms with Crippen LogP contribution in [-0.2, 0) is 19.9 Å². The van der Waals surface area contributed by atoms with Crippen LogP contribution in [0.5, 0.6) is 0 Å². The predicted molar refractivity (Wildman–Crippen MR) is 119 cm³/mol. The highest BCUT2D eigenvalue weighted by Crippen LogP contribution is 2.20. The van der Waals surface area contributed by atoms with Crippen molar-refractivity contribution in [1.82, 2.24) is 9.62 Å². The van der Waals surface area contributed by atoms with Gasteiger partial charge in [0, 0.05) is 44.7 Å². The Balaban J connectivity index is 1.48. The Hall–Kier alpha value is -1.94. The van der Waals surface area contributed by atoms with Gasteiger partial charge in [0.25, 0.3) is 0 Å². The van der Waals surface area contributed by atoms with E-state index in [2.05, 4.69) is 45.7 Å². The molecule has 1 heterocycles. The van der Waals surface area contributed by atoms with Crippen LogP contribution in [0.15, 0.2) is 58.3 Å². The Bertz CT molecular complexity index is 1080. The Morgan fingerprint density at radius 2 is 1.57 bits per heavy atom. The second kappa shape index (κ2) is 9.47. The van der Waals surface area contributed by atoms with Crippen molar-refractivity contribution < 1.29 is 16.8 Å². The number of rotatable bonds is 8. The van der Waals surface area contributed by atoms with Gasteiger partial charge in [-0.2, -0.15) is 0 Å². The van der Waals surface area contributed by atoms with E-state index in [-0.39, 0.29) is 16.3 Å². The van der Waals surface area contributed by atoms with E-state index in [1.54, 1.807) is 0 Å². The lowest BCUT2D eigenvalue weighted by atomic mass is 10.2. The fourth-order valence-electron chi connectivity index (χ4n) is 3.62. The van der Waals surface area contributed by atoms with E-state index in [1.807, 2.05) is 0 Å². The first-order valence-corrected chi connectivity index (χ1v) is 13.4. The Morgan fingerprint density at radius 1 is 0.900 bits per heavy atom. The van der Waals surface area contributed by atoms with Crippen molar-refractivity contribution in [2.75, 3.05) is 50.4 Å². The molecule has 1 saturated heterocycles. The summed E-state index contributed by atoms with van der Waals surface area (Å²) >= 11 is 0. The monoisotopic (exact) mass is 451 g/mol. The molecule has 0 amide bonds. The van der Waals surface area contributed by atoms with Gasteiger partial charge in [0.05, 0.1) is 4.90 Å². The normalized spacial score (nSPS) is 16.0. The molecule has 0 unspecified atom stereocenters. The van der Waals surface area contributed by atoms with Gasteiger partial charge in [-0.05, 0) is 49.7 Å². The summed E-state index contributed by atoms with van der Waals surface area (Å²) in [6, 6.07) is 14.2. The zero-order chi connectivity index (χ0) is 21.8. The third-order valence-corrected chi connectivity index (χ3v) is 8.02. The van der Waals surface area contributed by atoms with Crippen molar-refractivity contribution in [1.29, 1.82) is 0 Å². The predicted octanol–water partition coefficient (Wildman–Crippen LogP) is 1.89. The molecule has 1 fully saturated rings. The number of nitrogens with one attached hydrogen (secondary N) is 1. The van der Waals surface area contributed by atoms with Gasteiger partial charge in [0.15, 0.2) is 9.84 Å². The van der Waals surface area contributed by atoms with Gasteiger partial charge in [-0.25, -0.2) is 21.6 Å². The van der Waals surface area contributed by atoms with Gasteiger partial charge in [0.2, 0.25) is 10.0 Å². The number of hydrogen-bond acceptors (Lipinski definition) is 6. The van der Waals surface area contributed by atoms with E-state index >= 15 is 0 Å². The average molecular weight is 452 g/mol. The maximum Gasteiger partial charge on any atom is 0.241 e. The summed E-state index contributed by atoms with van der Waals surface area (Å²) in [5, 5.41) is 0. The minimum absolute atomic E-state index is 0.176. The fourth-order valence-corrected chi connectivity index (χ4v) is 6.32. The molecular formula is C21H29N3O4S2. The molecule has 164 valence electrons. The second-order valence-corrected chi connectivity index (χ2v) is 11.4. The number of aryl methyl sites for hydroxylation is 1. The lowest BCUT2D eigenvalue weighted by Crippen LogP contribution is -2.47. The molecule has 9 heteroatoms. The van der Waals surface area contributed by atoms with Crippen LogP contribution in [0.3, 0.4) is 0 Å². The van der Waals surface area contributed by atoms with E-state index in [0.717, 1.165) is 39.0 Å². The highest BCUT2D eigenvalue weighted by atomic mass is 32.2. The van der Waals surface area contributed by atoms with Crippen LogP contribution in [0.25, 0.3) is 0 Å². The Kier molecular flexibility index (Phi) is 7.18. The molecular weight excluding hydrogens is 422 g/mol. The van der Waals surface area contributed by atoms with Crippen LogP contribution in [-0.4, -0.2) is 67.3 Å². The third kappa shape index (κ3) is 5.81. The highest BCUT2D eigenvalue weighted by molar-refractivity contribution is 7.93. The zero-order valence-electron chi connectivity index (χ0n) is 17.4. The number of sulfonamides is 1. The summed E-state index contributed by atoms with van der Waals surface area (Å²) in [6.45, 7) is 6.88. The van der Waals surface area contributed by atoms with Gasteiger partial charge >= 0.3 is 0 Å². The van der Waals surface area contributed by atoms with E-state index in [1.165, 1.54) is 35.5 Å². The Morgan fingerprint density at radius 3 is 2.20 bits per heavy atom.